The highest BCUT2D eigenvalue weighted by atomic mass is 79.9. The van der Waals surface area contributed by atoms with Gasteiger partial charge in [0.1, 0.15) is 0 Å². The summed E-state index contributed by atoms with van der Waals surface area (Å²) in [6.45, 7) is 4.88. The number of rotatable bonds is 5. The second-order valence-corrected chi connectivity index (χ2v) is 7.19. The topological polar surface area (TPSA) is 32.3 Å². The number of nitrogens with zero attached hydrogens (tertiary/aromatic N) is 1. The van der Waals surface area contributed by atoms with Crippen LogP contribution in [0.2, 0.25) is 0 Å². The molecule has 0 aliphatic carbocycles. The van der Waals surface area contributed by atoms with Crippen molar-refractivity contribution in [2.45, 2.75) is 38.8 Å². The summed E-state index contributed by atoms with van der Waals surface area (Å²) in [6.07, 6.45) is 1.88. The van der Waals surface area contributed by atoms with Crippen LogP contribution >= 0.6 is 15.9 Å². The Kier molecular flexibility index (Phi) is 5.36. The molecule has 4 heteroatoms. The molecule has 0 bridgehead atoms. The number of para-hydroxylation sites is 1. The minimum absolute atomic E-state index is 0.149. The number of carbonyl (C=O) groups excluding carboxylic acids is 1. The molecule has 2 aromatic carbocycles. The number of fused-ring (bicyclic) bond motifs is 1. The van der Waals surface area contributed by atoms with E-state index in [-0.39, 0.29) is 18.0 Å². The van der Waals surface area contributed by atoms with Crippen LogP contribution in [0, 0.1) is 0 Å². The average Bonchev–Trinajstić information content (AvgIpc) is 3.03. The number of hydrogen-bond acceptors (Lipinski definition) is 2. The lowest BCUT2D eigenvalue weighted by molar-refractivity contribution is -0.120. The number of anilines is 1. The number of halogens is 1. The summed E-state index contributed by atoms with van der Waals surface area (Å²) < 4.78 is 1.07. The van der Waals surface area contributed by atoms with Gasteiger partial charge in [-0.25, -0.2) is 0 Å². The van der Waals surface area contributed by atoms with Gasteiger partial charge in [0.25, 0.3) is 0 Å². The van der Waals surface area contributed by atoms with Gasteiger partial charge in [0, 0.05) is 22.7 Å². The standard InChI is InChI=1S/C20H23BrN2O/c1-3-18(15-8-10-17(21)11-9-15)22-14(2)20(24)23-13-12-16-6-4-5-7-19(16)23/h4-11,14,18,22H,3,12-13H2,1-2H3/t14-,18-/m1/s1. The second-order valence-electron chi connectivity index (χ2n) is 6.27. The molecular formula is C20H23BrN2O. The summed E-state index contributed by atoms with van der Waals surface area (Å²) in [4.78, 5) is 14.8. The Bertz CT molecular complexity index is 714. The summed E-state index contributed by atoms with van der Waals surface area (Å²) in [5.41, 5.74) is 3.54. The van der Waals surface area contributed by atoms with Gasteiger partial charge in [0.05, 0.1) is 6.04 Å². The normalized spacial score (nSPS) is 15.9. The van der Waals surface area contributed by atoms with E-state index in [0.717, 1.165) is 29.5 Å². The van der Waals surface area contributed by atoms with Gasteiger partial charge in [-0.15, -0.1) is 0 Å². The number of carbonyl (C=O) groups is 1. The molecule has 1 heterocycles. The predicted molar refractivity (Wildman–Crippen MR) is 102 cm³/mol. The van der Waals surface area contributed by atoms with Crippen LogP contribution < -0.4 is 10.2 Å². The van der Waals surface area contributed by atoms with Crippen LogP contribution in [0.25, 0.3) is 0 Å². The molecule has 1 amide bonds. The fraction of sp³-hybridized carbons (Fsp3) is 0.350. The molecule has 3 nitrogen and oxygen atoms in total. The largest absolute Gasteiger partial charge is 0.310 e. The third kappa shape index (κ3) is 3.55. The van der Waals surface area contributed by atoms with Gasteiger partial charge in [-0.1, -0.05) is 53.2 Å². The Morgan fingerprint density at radius 2 is 1.92 bits per heavy atom. The Morgan fingerprint density at radius 3 is 2.62 bits per heavy atom. The molecule has 0 saturated heterocycles. The van der Waals surface area contributed by atoms with E-state index < -0.39 is 0 Å². The molecule has 0 aromatic heterocycles. The first-order chi connectivity index (χ1) is 11.6. The Morgan fingerprint density at radius 1 is 1.21 bits per heavy atom. The fourth-order valence-electron chi connectivity index (χ4n) is 3.32. The van der Waals surface area contributed by atoms with Gasteiger partial charge < -0.3 is 4.90 Å². The van der Waals surface area contributed by atoms with Crippen LogP contribution in [0.5, 0.6) is 0 Å². The van der Waals surface area contributed by atoms with Crippen molar-refractivity contribution in [3.8, 4) is 0 Å². The van der Waals surface area contributed by atoms with Crippen LogP contribution in [0.3, 0.4) is 0 Å². The first kappa shape index (κ1) is 17.2. The van der Waals surface area contributed by atoms with E-state index in [1.165, 1.54) is 11.1 Å². The summed E-state index contributed by atoms with van der Waals surface area (Å²) >= 11 is 3.47. The molecule has 0 unspecified atom stereocenters. The Balaban J connectivity index is 1.71. The van der Waals surface area contributed by atoms with Crippen LogP contribution in [0.4, 0.5) is 5.69 Å². The van der Waals surface area contributed by atoms with Crippen LogP contribution in [-0.4, -0.2) is 18.5 Å². The van der Waals surface area contributed by atoms with E-state index in [2.05, 4.69) is 46.4 Å². The third-order valence-electron chi connectivity index (χ3n) is 4.66. The van der Waals surface area contributed by atoms with Crippen molar-refractivity contribution in [3.63, 3.8) is 0 Å². The Hall–Kier alpha value is -1.65. The summed E-state index contributed by atoms with van der Waals surface area (Å²) in [7, 11) is 0. The average molecular weight is 387 g/mol. The molecule has 0 saturated carbocycles. The molecule has 2 aromatic rings. The lowest BCUT2D eigenvalue weighted by atomic mass is 10.0. The van der Waals surface area contributed by atoms with Crippen molar-refractivity contribution in [1.82, 2.24) is 5.32 Å². The lowest BCUT2D eigenvalue weighted by Gasteiger charge is -2.26. The highest BCUT2D eigenvalue weighted by Gasteiger charge is 2.28. The molecule has 0 spiro atoms. The van der Waals surface area contributed by atoms with Gasteiger partial charge in [-0.2, -0.15) is 0 Å². The summed E-state index contributed by atoms with van der Waals surface area (Å²) in [5.74, 6) is 0.149. The molecule has 1 aliphatic heterocycles. The second kappa shape index (κ2) is 7.49. The zero-order chi connectivity index (χ0) is 17.1. The van der Waals surface area contributed by atoms with Gasteiger partial charge >= 0.3 is 0 Å². The van der Waals surface area contributed by atoms with Crippen molar-refractivity contribution in [2.75, 3.05) is 11.4 Å². The van der Waals surface area contributed by atoms with Crippen LogP contribution in [-0.2, 0) is 11.2 Å². The van der Waals surface area contributed by atoms with Crippen molar-refractivity contribution >= 4 is 27.5 Å². The van der Waals surface area contributed by atoms with Crippen LogP contribution in [0.15, 0.2) is 53.0 Å². The van der Waals surface area contributed by atoms with Crippen molar-refractivity contribution in [1.29, 1.82) is 0 Å². The quantitative estimate of drug-likeness (QED) is 0.821. The summed E-state index contributed by atoms with van der Waals surface area (Å²) in [6, 6.07) is 16.4. The maximum Gasteiger partial charge on any atom is 0.243 e. The SMILES string of the molecule is CC[C@@H](N[C@H](C)C(=O)N1CCc2ccccc21)c1ccc(Br)cc1. The fourth-order valence-corrected chi connectivity index (χ4v) is 3.58. The molecule has 2 atom stereocenters. The van der Waals surface area contributed by atoms with Gasteiger partial charge in [-0.3, -0.25) is 10.1 Å². The molecule has 0 radical (unpaired) electrons. The maximum absolute atomic E-state index is 12.9. The summed E-state index contributed by atoms with van der Waals surface area (Å²) in [5, 5.41) is 3.50. The number of hydrogen-bond donors (Lipinski definition) is 1. The first-order valence-corrected chi connectivity index (χ1v) is 9.30. The van der Waals surface area contributed by atoms with Gasteiger partial charge in [0.15, 0.2) is 0 Å². The van der Waals surface area contributed by atoms with E-state index in [1.54, 1.807) is 0 Å². The molecule has 3 rings (SSSR count). The highest BCUT2D eigenvalue weighted by molar-refractivity contribution is 9.10. The van der Waals surface area contributed by atoms with Crippen molar-refractivity contribution in [3.05, 3.63) is 64.1 Å². The first-order valence-electron chi connectivity index (χ1n) is 8.51. The maximum atomic E-state index is 12.9. The zero-order valence-corrected chi connectivity index (χ0v) is 15.7. The lowest BCUT2D eigenvalue weighted by Crippen LogP contribution is -2.45. The van der Waals surface area contributed by atoms with E-state index in [1.807, 2.05) is 42.2 Å². The Labute approximate surface area is 152 Å². The highest BCUT2D eigenvalue weighted by Crippen LogP contribution is 2.28. The minimum Gasteiger partial charge on any atom is -0.310 e. The third-order valence-corrected chi connectivity index (χ3v) is 5.18. The van der Waals surface area contributed by atoms with Crippen molar-refractivity contribution < 1.29 is 4.79 Å². The van der Waals surface area contributed by atoms with Gasteiger partial charge in [0.2, 0.25) is 5.91 Å². The van der Waals surface area contributed by atoms with E-state index in [4.69, 9.17) is 0 Å². The molecule has 1 N–H and O–H groups in total. The number of benzene rings is 2. The minimum atomic E-state index is -0.218. The van der Waals surface area contributed by atoms with E-state index in [9.17, 15) is 4.79 Å². The van der Waals surface area contributed by atoms with E-state index in [0.29, 0.717) is 0 Å². The smallest absolute Gasteiger partial charge is 0.243 e. The predicted octanol–water partition coefficient (Wildman–Crippen LogP) is 4.47. The van der Waals surface area contributed by atoms with Gasteiger partial charge in [-0.05, 0) is 49.1 Å². The number of nitrogens with one attached hydrogen (secondary N) is 1. The van der Waals surface area contributed by atoms with E-state index >= 15 is 0 Å². The molecule has 24 heavy (non-hydrogen) atoms. The number of amides is 1. The van der Waals surface area contributed by atoms with Crippen LogP contribution in [0.1, 0.15) is 37.4 Å². The molecule has 1 aliphatic rings. The molecular weight excluding hydrogens is 364 g/mol. The molecule has 126 valence electrons. The molecule has 0 fully saturated rings. The zero-order valence-electron chi connectivity index (χ0n) is 14.1. The van der Waals surface area contributed by atoms with Crippen molar-refractivity contribution in [2.24, 2.45) is 0 Å². The monoisotopic (exact) mass is 386 g/mol.